The van der Waals surface area contributed by atoms with E-state index in [0.717, 1.165) is 0 Å². The molecule has 0 N–H and O–H groups in total. The highest BCUT2D eigenvalue weighted by molar-refractivity contribution is 6.18. The zero-order valence-corrected chi connectivity index (χ0v) is 3.13. The molecule has 0 bridgehead atoms. The Kier molecular flexibility index (Phi) is 15.9. The minimum absolute atomic E-state index is 0. The summed E-state index contributed by atoms with van der Waals surface area (Å²) in [5, 5.41) is 0. The molecule has 0 aromatic heterocycles. The SMILES string of the molecule is B.C=CCCl. The van der Waals surface area contributed by atoms with Gasteiger partial charge in [0.1, 0.15) is 0 Å². The van der Waals surface area contributed by atoms with Gasteiger partial charge in [-0.25, -0.2) is 0 Å². The first-order valence-corrected chi connectivity index (χ1v) is 1.62. The molecule has 30 valence electrons. The second-order valence-corrected chi connectivity index (χ2v) is 0.752. The standard InChI is InChI=1S/C3H5Cl.BH3/c1-2-3-4;/h2H,1,3H2;1H3. The van der Waals surface area contributed by atoms with Gasteiger partial charge in [-0.3, -0.25) is 0 Å². The molecule has 5 heavy (non-hydrogen) atoms. The molecule has 0 unspecified atom stereocenters. The van der Waals surface area contributed by atoms with Gasteiger partial charge in [-0.15, -0.1) is 18.2 Å². The van der Waals surface area contributed by atoms with Crippen molar-refractivity contribution in [2.75, 3.05) is 5.88 Å². The van der Waals surface area contributed by atoms with Crippen LogP contribution in [-0.2, 0) is 0 Å². The summed E-state index contributed by atoms with van der Waals surface area (Å²) in [7, 11) is 0. The van der Waals surface area contributed by atoms with Gasteiger partial charge < -0.3 is 0 Å². The molecule has 0 rings (SSSR count). The molecule has 0 aromatic rings. The van der Waals surface area contributed by atoms with E-state index in [0.29, 0.717) is 5.88 Å². The van der Waals surface area contributed by atoms with Crippen molar-refractivity contribution in [1.29, 1.82) is 0 Å². The lowest BCUT2D eigenvalue weighted by molar-refractivity contribution is 1.80. The molecule has 0 saturated heterocycles. The van der Waals surface area contributed by atoms with E-state index in [1.54, 1.807) is 6.08 Å². The molecule has 0 radical (unpaired) electrons. The van der Waals surface area contributed by atoms with E-state index in [1.807, 2.05) is 0 Å². The Morgan fingerprint density at radius 1 is 1.80 bits per heavy atom. The van der Waals surface area contributed by atoms with Crippen molar-refractivity contribution in [1.82, 2.24) is 0 Å². The Labute approximate surface area is 39.4 Å². The van der Waals surface area contributed by atoms with Gasteiger partial charge >= 0.3 is 0 Å². The molecule has 0 atom stereocenters. The van der Waals surface area contributed by atoms with E-state index in [2.05, 4.69) is 6.58 Å². The van der Waals surface area contributed by atoms with Crippen molar-refractivity contribution < 1.29 is 0 Å². The van der Waals surface area contributed by atoms with Gasteiger partial charge in [-0.2, -0.15) is 0 Å². The van der Waals surface area contributed by atoms with Crippen LogP contribution in [0.4, 0.5) is 0 Å². The Morgan fingerprint density at radius 3 is 2.00 bits per heavy atom. The van der Waals surface area contributed by atoms with E-state index >= 15 is 0 Å². The van der Waals surface area contributed by atoms with Crippen molar-refractivity contribution in [2.45, 2.75) is 0 Å². The second kappa shape index (κ2) is 8.94. The molecule has 0 aliphatic rings. The van der Waals surface area contributed by atoms with Gasteiger partial charge in [-0.1, -0.05) is 6.08 Å². The van der Waals surface area contributed by atoms with Gasteiger partial charge in [0.25, 0.3) is 0 Å². The van der Waals surface area contributed by atoms with Crippen LogP contribution < -0.4 is 0 Å². The summed E-state index contributed by atoms with van der Waals surface area (Å²) in [5.41, 5.74) is 0. The number of hydrogen-bond acceptors (Lipinski definition) is 0. The highest BCUT2D eigenvalue weighted by atomic mass is 35.5. The summed E-state index contributed by atoms with van der Waals surface area (Å²) < 4.78 is 0. The average Bonchev–Trinajstić information content (AvgIpc) is 1.37. The van der Waals surface area contributed by atoms with Crippen LogP contribution in [0.3, 0.4) is 0 Å². The quantitative estimate of drug-likeness (QED) is 0.246. The summed E-state index contributed by atoms with van der Waals surface area (Å²) in [4.78, 5) is 0. The maximum Gasteiger partial charge on any atom is 0.0814 e. The number of hydrogen-bond donors (Lipinski definition) is 0. The molecule has 0 amide bonds. The van der Waals surface area contributed by atoms with Gasteiger partial charge in [-0.05, 0) is 0 Å². The molecule has 0 aromatic carbocycles. The third-order valence-corrected chi connectivity index (χ3v) is 0.327. The fourth-order valence-corrected chi connectivity index (χ4v) is 0. The van der Waals surface area contributed by atoms with E-state index in [1.165, 1.54) is 0 Å². The van der Waals surface area contributed by atoms with Crippen LogP contribution in [0.5, 0.6) is 0 Å². The maximum atomic E-state index is 5.07. The van der Waals surface area contributed by atoms with Crippen LogP contribution >= 0.6 is 11.6 Å². The zero-order valence-electron chi connectivity index (χ0n) is 2.37. The molecule has 0 heterocycles. The molecular weight excluding hydrogens is 82.3 g/mol. The Morgan fingerprint density at radius 2 is 2.00 bits per heavy atom. The third-order valence-electron chi connectivity index (χ3n) is 0.109. The lowest BCUT2D eigenvalue weighted by atomic mass is 10.8. The van der Waals surface area contributed by atoms with E-state index < -0.39 is 0 Å². The third kappa shape index (κ3) is 15.0. The first-order chi connectivity index (χ1) is 1.91. The van der Waals surface area contributed by atoms with Crippen LogP contribution in [-0.4, -0.2) is 14.3 Å². The van der Waals surface area contributed by atoms with Crippen molar-refractivity contribution in [2.24, 2.45) is 0 Å². The summed E-state index contributed by atoms with van der Waals surface area (Å²) in [6, 6.07) is 0. The monoisotopic (exact) mass is 90.0 g/mol. The second-order valence-electron chi connectivity index (χ2n) is 0.443. The van der Waals surface area contributed by atoms with Gasteiger partial charge in [0.2, 0.25) is 0 Å². The van der Waals surface area contributed by atoms with Gasteiger partial charge in [0.15, 0.2) is 0 Å². The fraction of sp³-hybridized carbons (Fsp3) is 0.333. The Bertz CT molecular complexity index is 20.9. The maximum absolute atomic E-state index is 5.07. The van der Waals surface area contributed by atoms with Crippen molar-refractivity contribution >= 4 is 20.0 Å². The summed E-state index contributed by atoms with van der Waals surface area (Å²) >= 11 is 5.07. The van der Waals surface area contributed by atoms with Gasteiger partial charge in [0, 0.05) is 5.88 Å². The number of rotatable bonds is 1. The van der Waals surface area contributed by atoms with Crippen molar-refractivity contribution in [3.63, 3.8) is 0 Å². The number of allylic oxidation sites excluding steroid dienone is 1. The smallest absolute Gasteiger partial charge is 0.0814 e. The van der Waals surface area contributed by atoms with Crippen LogP contribution in [0.25, 0.3) is 0 Å². The highest BCUT2D eigenvalue weighted by Crippen LogP contribution is 1.67. The summed E-state index contributed by atoms with van der Waals surface area (Å²) in [5.74, 6) is 0.556. The van der Waals surface area contributed by atoms with E-state index in [-0.39, 0.29) is 8.41 Å². The topological polar surface area (TPSA) is 0 Å². The molecule has 2 heteroatoms. The van der Waals surface area contributed by atoms with E-state index in [9.17, 15) is 0 Å². The van der Waals surface area contributed by atoms with Crippen LogP contribution in [0, 0.1) is 0 Å². The first-order valence-electron chi connectivity index (χ1n) is 1.08. The average molecular weight is 90.4 g/mol. The lowest BCUT2D eigenvalue weighted by Crippen LogP contribution is -1.45. The predicted molar refractivity (Wildman–Crippen MR) is 30.9 cm³/mol. The predicted octanol–water partition coefficient (Wildman–Crippen LogP) is 0.227. The lowest BCUT2D eigenvalue weighted by Gasteiger charge is -1.55. The van der Waals surface area contributed by atoms with Gasteiger partial charge in [0.05, 0.1) is 8.41 Å². The fourth-order valence-electron chi connectivity index (χ4n) is 0. The molecule has 0 nitrogen and oxygen atoms in total. The number of alkyl halides is 1. The Balaban J connectivity index is 0. The highest BCUT2D eigenvalue weighted by Gasteiger charge is 1.48. The minimum Gasteiger partial charge on any atom is -0.122 e. The molecule has 0 saturated carbocycles. The molecule has 0 spiro atoms. The van der Waals surface area contributed by atoms with Crippen LogP contribution in [0.15, 0.2) is 12.7 Å². The van der Waals surface area contributed by atoms with Crippen LogP contribution in [0.1, 0.15) is 0 Å². The van der Waals surface area contributed by atoms with Crippen LogP contribution in [0.2, 0.25) is 0 Å². The molecule has 0 aliphatic carbocycles. The largest absolute Gasteiger partial charge is 0.122 e. The van der Waals surface area contributed by atoms with Crippen molar-refractivity contribution in [3.05, 3.63) is 12.7 Å². The molecular formula is C3H8BCl. The minimum atomic E-state index is 0. The number of halogens is 1. The Hall–Kier alpha value is 0.0949. The normalized spacial score (nSPS) is 5.00. The summed E-state index contributed by atoms with van der Waals surface area (Å²) in [6.07, 6.45) is 1.64. The van der Waals surface area contributed by atoms with E-state index in [4.69, 9.17) is 11.6 Å². The summed E-state index contributed by atoms with van der Waals surface area (Å²) in [6.45, 7) is 3.35. The van der Waals surface area contributed by atoms with Crippen molar-refractivity contribution in [3.8, 4) is 0 Å². The molecule has 0 aliphatic heterocycles. The zero-order chi connectivity index (χ0) is 3.41. The molecule has 0 fully saturated rings. The first kappa shape index (κ1) is 8.92.